The van der Waals surface area contributed by atoms with Gasteiger partial charge in [-0.25, -0.2) is 0 Å². The summed E-state index contributed by atoms with van der Waals surface area (Å²) in [5.74, 6) is 1.49. The van der Waals surface area contributed by atoms with Crippen LogP contribution in [0.3, 0.4) is 0 Å². The van der Waals surface area contributed by atoms with E-state index in [9.17, 15) is 0 Å². The van der Waals surface area contributed by atoms with E-state index in [-0.39, 0.29) is 6.04 Å². The van der Waals surface area contributed by atoms with Gasteiger partial charge in [0.15, 0.2) is 0 Å². The van der Waals surface area contributed by atoms with Crippen LogP contribution in [0, 0.1) is 5.92 Å². The second-order valence-corrected chi connectivity index (χ2v) is 7.45. The Morgan fingerprint density at radius 3 is 2.48 bits per heavy atom. The molecule has 0 saturated heterocycles. The Morgan fingerprint density at radius 1 is 1.05 bits per heavy atom. The van der Waals surface area contributed by atoms with Gasteiger partial charge < -0.3 is 5.73 Å². The molecule has 5 atom stereocenters. The first kappa shape index (κ1) is 15.1. The highest BCUT2D eigenvalue weighted by Gasteiger charge is 2.36. The Morgan fingerprint density at radius 2 is 1.76 bits per heavy atom. The van der Waals surface area contributed by atoms with E-state index in [0.717, 1.165) is 12.0 Å². The fraction of sp³-hybridized carbons (Fsp3) is 0.684. The van der Waals surface area contributed by atoms with Crippen molar-refractivity contribution in [1.82, 2.24) is 4.90 Å². The van der Waals surface area contributed by atoms with Crippen molar-refractivity contribution in [2.24, 2.45) is 11.7 Å². The lowest BCUT2D eigenvalue weighted by molar-refractivity contribution is 0.0897. The lowest BCUT2D eigenvalue weighted by Gasteiger charge is -2.45. The van der Waals surface area contributed by atoms with Gasteiger partial charge in [-0.05, 0) is 49.3 Å². The van der Waals surface area contributed by atoms with Crippen molar-refractivity contribution in [1.29, 1.82) is 0 Å². The molecule has 0 radical (unpaired) electrons. The summed E-state index contributed by atoms with van der Waals surface area (Å²) >= 11 is 0. The number of rotatable bonds is 2. The minimum absolute atomic E-state index is 0.166. The summed E-state index contributed by atoms with van der Waals surface area (Å²) in [6.07, 6.45) is 6.67. The minimum atomic E-state index is 0.166. The third-order valence-electron chi connectivity index (χ3n) is 5.90. The molecular formula is C19H30N2. The van der Waals surface area contributed by atoms with Gasteiger partial charge in [0.2, 0.25) is 0 Å². The van der Waals surface area contributed by atoms with Gasteiger partial charge in [-0.2, -0.15) is 0 Å². The maximum Gasteiger partial charge on any atom is 0.0456 e. The van der Waals surface area contributed by atoms with Gasteiger partial charge in [-0.15, -0.1) is 0 Å². The molecule has 21 heavy (non-hydrogen) atoms. The predicted molar refractivity (Wildman–Crippen MR) is 89.4 cm³/mol. The van der Waals surface area contributed by atoms with Crippen LogP contribution in [0.2, 0.25) is 0 Å². The number of nitrogens with zero attached hydrogens (tertiary/aromatic N) is 1. The van der Waals surface area contributed by atoms with E-state index in [4.69, 9.17) is 5.73 Å². The van der Waals surface area contributed by atoms with Crippen LogP contribution < -0.4 is 5.73 Å². The highest BCUT2D eigenvalue weighted by atomic mass is 15.2. The second kappa shape index (κ2) is 6.10. The summed E-state index contributed by atoms with van der Waals surface area (Å²) in [5.41, 5.74) is 9.49. The number of benzene rings is 1. The predicted octanol–water partition coefficient (Wildman–Crippen LogP) is 4.07. The minimum Gasteiger partial charge on any atom is -0.323 e. The van der Waals surface area contributed by atoms with Crippen LogP contribution in [0.4, 0.5) is 0 Å². The molecule has 2 heteroatoms. The maximum absolute atomic E-state index is 6.65. The lowest BCUT2D eigenvalue weighted by Crippen LogP contribution is -2.49. The molecule has 0 aromatic heterocycles. The van der Waals surface area contributed by atoms with Crippen molar-refractivity contribution >= 4 is 0 Å². The second-order valence-electron chi connectivity index (χ2n) is 7.45. The van der Waals surface area contributed by atoms with Gasteiger partial charge in [0.05, 0.1) is 0 Å². The highest BCUT2D eigenvalue weighted by Crippen LogP contribution is 2.40. The number of nitrogens with two attached hydrogens (primary N) is 1. The molecule has 116 valence electrons. The van der Waals surface area contributed by atoms with E-state index in [1.54, 1.807) is 0 Å². The van der Waals surface area contributed by atoms with Gasteiger partial charge in [-0.3, -0.25) is 4.90 Å². The van der Waals surface area contributed by atoms with E-state index in [1.807, 2.05) is 0 Å². The van der Waals surface area contributed by atoms with Crippen LogP contribution >= 0.6 is 0 Å². The van der Waals surface area contributed by atoms with Crippen LogP contribution in [0.25, 0.3) is 0 Å². The van der Waals surface area contributed by atoms with Gasteiger partial charge in [0, 0.05) is 18.1 Å². The largest absolute Gasteiger partial charge is 0.323 e. The SMILES string of the molecule is CC1CCCC(N(C)C2CC(C)c3ccccc3C2N)C1. The van der Waals surface area contributed by atoms with Crippen molar-refractivity contribution in [2.75, 3.05) is 7.05 Å². The Kier molecular flexibility index (Phi) is 4.37. The Labute approximate surface area is 129 Å². The fourth-order valence-electron chi connectivity index (χ4n) is 4.57. The lowest BCUT2D eigenvalue weighted by atomic mass is 9.76. The van der Waals surface area contributed by atoms with E-state index in [1.165, 1.54) is 43.2 Å². The molecule has 1 fully saturated rings. The topological polar surface area (TPSA) is 29.3 Å². The van der Waals surface area contributed by atoms with Crippen LogP contribution in [-0.4, -0.2) is 24.0 Å². The van der Waals surface area contributed by atoms with Crippen molar-refractivity contribution in [2.45, 2.75) is 70.0 Å². The molecule has 2 nitrogen and oxygen atoms in total. The molecule has 1 aromatic rings. The van der Waals surface area contributed by atoms with Gasteiger partial charge >= 0.3 is 0 Å². The number of hydrogen-bond acceptors (Lipinski definition) is 2. The normalized spacial score (nSPS) is 36.5. The Bertz CT molecular complexity index is 484. The number of hydrogen-bond donors (Lipinski definition) is 1. The molecule has 2 aliphatic rings. The van der Waals surface area contributed by atoms with E-state index < -0.39 is 0 Å². The summed E-state index contributed by atoms with van der Waals surface area (Å²) in [6.45, 7) is 4.76. The summed E-state index contributed by atoms with van der Waals surface area (Å²) in [4.78, 5) is 2.62. The Hall–Kier alpha value is -0.860. The van der Waals surface area contributed by atoms with E-state index in [2.05, 4.69) is 50.1 Å². The van der Waals surface area contributed by atoms with Crippen molar-refractivity contribution < 1.29 is 0 Å². The smallest absolute Gasteiger partial charge is 0.0456 e. The van der Waals surface area contributed by atoms with Crippen LogP contribution in [0.15, 0.2) is 24.3 Å². The molecule has 0 amide bonds. The molecule has 0 heterocycles. The van der Waals surface area contributed by atoms with Crippen molar-refractivity contribution in [3.8, 4) is 0 Å². The number of likely N-dealkylation sites (N-methyl/N-ethyl adjacent to an activating group) is 1. The zero-order chi connectivity index (χ0) is 15.0. The standard InChI is InChI=1S/C19H30N2/c1-13-7-6-8-15(11-13)21(3)18-12-14(2)16-9-4-5-10-17(16)19(18)20/h4-5,9-10,13-15,18-19H,6-8,11-12,20H2,1-3H3. The summed E-state index contributed by atoms with van der Waals surface area (Å²) in [5, 5.41) is 0. The highest BCUT2D eigenvalue weighted by molar-refractivity contribution is 5.36. The zero-order valence-corrected chi connectivity index (χ0v) is 13.8. The average Bonchev–Trinajstić information content (AvgIpc) is 2.50. The molecule has 1 aromatic carbocycles. The van der Waals surface area contributed by atoms with Gasteiger partial charge in [0.1, 0.15) is 0 Å². The summed E-state index contributed by atoms with van der Waals surface area (Å²) in [6, 6.07) is 10.2. The zero-order valence-electron chi connectivity index (χ0n) is 13.8. The molecule has 0 aliphatic heterocycles. The first-order chi connectivity index (χ1) is 10.1. The quantitative estimate of drug-likeness (QED) is 0.888. The molecule has 2 aliphatic carbocycles. The van der Waals surface area contributed by atoms with Gasteiger partial charge in [-0.1, -0.05) is 51.0 Å². The van der Waals surface area contributed by atoms with Crippen molar-refractivity contribution in [3.05, 3.63) is 35.4 Å². The fourth-order valence-corrected chi connectivity index (χ4v) is 4.57. The number of fused-ring (bicyclic) bond motifs is 1. The van der Waals surface area contributed by atoms with E-state index in [0.29, 0.717) is 12.0 Å². The molecule has 0 bridgehead atoms. The third-order valence-corrected chi connectivity index (χ3v) is 5.90. The summed E-state index contributed by atoms with van der Waals surface area (Å²) in [7, 11) is 2.31. The van der Waals surface area contributed by atoms with Crippen LogP contribution in [0.1, 0.15) is 69.0 Å². The van der Waals surface area contributed by atoms with Crippen molar-refractivity contribution in [3.63, 3.8) is 0 Å². The molecule has 1 saturated carbocycles. The molecular weight excluding hydrogens is 256 g/mol. The van der Waals surface area contributed by atoms with Gasteiger partial charge in [0.25, 0.3) is 0 Å². The van der Waals surface area contributed by atoms with Crippen LogP contribution in [-0.2, 0) is 0 Å². The molecule has 5 unspecified atom stereocenters. The van der Waals surface area contributed by atoms with Crippen LogP contribution in [0.5, 0.6) is 0 Å². The van der Waals surface area contributed by atoms with E-state index >= 15 is 0 Å². The molecule has 2 N–H and O–H groups in total. The first-order valence-corrected chi connectivity index (χ1v) is 8.64. The average molecular weight is 286 g/mol. The third kappa shape index (κ3) is 2.89. The first-order valence-electron chi connectivity index (χ1n) is 8.64. The molecule has 3 rings (SSSR count). The Balaban J connectivity index is 1.80. The monoisotopic (exact) mass is 286 g/mol. The summed E-state index contributed by atoms with van der Waals surface area (Å²) < 4.78 is 0. The maximum atomic E-state index is 6.65. The molecule has 0 spiro atoms.